The van der Waals surface area contributed by atoms with E-state index in [-0.39, 0.29) is 0 Å². The molecule has 0 fully saturated rings. The van der Waals surface area contributed by atoms with Crippen LogP contribution in [-0.4, -0.2) is 24.7 Å². The fourth-order valence-corrected chi connectivity index (χ4v) is 2.14. The van der Waals surface area contributed by atoms with E-state index in [4.69, 9.17) is 0 Å². The molecule has 0 heterocycles. The summed E-state index contributed by atoms with van der Waals surface area (Å²) in [6.07, 6.45) is 2.11. The lowest BCUT2D eigenvalue weighted by atomic mass is 10.2. The molecule has 1 aromatic rings. The minimum Gasteiger partial charge on any atom is -0.302 e. The van der Waals surface area contributed by atoms with Crippen LogP contribution in [0.3, 0.4) is 0 Å². The summed E-state index contributed by atoms with van der Waals surface area (Å²) in [5.74, 6) is 0.737. The minimum atomic E-state index is 0.737. The van der Waals surface area contributed by atoms with Crippen LogP contribution >= 0.6 is 11.8 Å². The largest absolute Gasteiger partial charge is 0.302 e. The average molecular weight is 223 g/mol. The second kappa shape index (κ2) is 6.19. The lowest BCUT2D eigenvalue weighted by molar-refractivity contribution is 0.288. The lowest BCUT2D eigenvalue weighted by Gasteiger charge is -2.18. The van der Waals surface area contributed by atoms with Crippen molar-refractivity contribution in [3.63, 3.8) is 0 Å². The van der Waals surface area contributed by atoms with Gasteiger partial charge in [0.2, 0.25) is 0 Å². The normalized spacial score (nSPS) is 11.3. The van der Waals surface area contributed by atoms with Gasteiger partial charge in [-0.2, -0.15) is 0 Å². The van der Waals surface area contributed by atoms with Gasteiger partial charge in [-0.25, -0.2) is 0 Å². The Morgan fingerprint density at radius 2 is 1.80 bits per heavy atom. The van der Waals surface area contributed by atoms with Gasteiger partial charge in [-0.3, -0.25) is 0 Å². The molecular weight excluding hydrogens is 202 g/mol. The van der Waals surface area contributed by atoms with E-state index in [0.717, 1.165) is 19.0 Å². The van der Waals surface area contributed by atoms with Crippen molar-refractivity contribution in [3.8, 4) is 0 Å². The predicted octanol–water partition coefficient (Wildman–Crippen LogP) is 3.50. The van der Waals surface area contributed by atoms with Gasteiger partial charge in [0.25, 0.3) is 0 Å². The van der Waals surface area contributed by atoms with Crippen molar-refractivity contribution in [2.75, 3.05) is 19.8 Å². The van der Waals surface area contributed by atoms with Gasteiger partial charge >= 0.3 is 0 Å². The van der Waals surface area contributed by atoms with Crippen LogP contribution in [0.25, 0.3) is 0 Å². The monoisotopic (exact) mass is 223 g/mol. The summed E-state index contributed by atoms with van der Waals surface area (Å²) in [5.41, 5.74) is 1.40. The SMILES string of the molecule is CSc1ccc(CN(C)CC(C)C)cc1. The van der Waals surface area contributed by atoms with E-state index < -0.39 is 0 Å². The van der Waals surface area contributed by atoms with Crippen molar-refractivity contribution in [3.05, 3.63) is 29.8 Å². The van der Waals surface area contributed by atoms with Gasteiger partial charge in [0.15, 0.2) is 0 Å². The molecule has 0 unspecified atom stereocenters. The fourth-order valence-electron chi connectivity index (χ4n) is 1.73. The molecule has 0 atom stereocenters. The molecule has 0 bridgehead atoms. The molecule has 0 saturated heterocycles. The average Bonchev–Trinajstić information content (AvgIpc) is 2.17. The van der Waals surface area contributed by atoms with Crippen molar-refractivity contribution < 1.29 is 0 Å². The highest BCUT2D eigenvalue weighted by Gasteiger charge is 2.02. The van der Waals surface area contributed by atoms with Gasteiger partial charge in [0, 0.05) is 18.0 Å². The maximum Gasteiger partial charge on any atom is 0.0230 e. The molecule has 0 aliphatic carbocycles. The van der Waals surface area contributed by atoms with Crippen LogP contribution in [0.2, 0.25) is 0 Å². The molecular formula is C13H21NS. The van der Waals surface area contributed by atoms with Crippen LogP contribution in [0.4, 0.5) is 0 Å². The smallest absolute Gasteiger partial charge is 0.0230 e. The number of hydrogen-bond donors (Lipinski definition) is 0. The summed E-state index contributed by atoms with van der Waals surface area (Å²) in [6.45, 7) is 6.72. The molecule has 1 rings (SSSR count). The Morgan fingerprint density at radius 3 is 2.27 bits per heavy atom. The van der Waals surface area contributed by atoms with Crippen LogP contribution < -0.4 is 0 Å². The van der Waals surface area contributed by atoms with Crippen molar-refractivity contribution in [2.45, 2.75) is 25.3 Å². The van der Waals surface area contributed by atoms with E-state index in [1.807, 2.05) is 0 Å². The minimum absolute atomic E-state index is 0.737. The van der Waals surface area contributed by atoms with Gasteiger partial charge in [-0.05, 0) is 36.9 Å². The highest BCUT2D eigenvalue weighted by molar-refractivity contribution is 7.98. The van der Waals surface area contributed by atoms with Gasteiger partial charge in [-0.1, -0.05) is 26.0 Å². The molecule has 2 heteroatoms. The van der Waals surface area contributed by atoms with E-state index >= 15 is 0 Å². The van der Waals surface area contributed by atoms with Crippen LogP contribution in [-0.2, 0) is 6.54 Å². The molecule has 0 aromatic heterocycles. The third-order valence-electron chi connectivity index (χ3n) is 2.29. The first-order chi connectivity index (χ1) is 7.11. The second-order valence-electron chi connectivity index (χ2n) is 4.44. The third kappa shape index (κ3) is 4.72. The first-order valence-corrected chi connectivity index (χ1v) is 6.65. The quantitative estimate of drug-likeness (QED) is 0.703. The van der Waals surface area contributed by atoms with E-state index in [1.165, 1.54) is 10.5 Å². The Bertz CT molecular complexity index is 279. The van der Waals surface area contributed by atoms with Gasteiger partial charge in [-0.15, -0.1) is 11.8 Å². The highest BCUT2D eigenvalue weighted by Crippen LogP contribution is 2.15. The summed E-state index contributed by atoms with van der Waals surface area (Å²) < 4.78 is 0. The van der Waals surface area contributed by atoms with Crippen LogP contribution in [0.15, 0.2) is 29.2 Å². The number of thioether (sulfide) groups is 1. The van der Waals surface area contributed by atoms with Gasteiger partial charge < -0.3 is 4.90 Å². The Balaban J connectivity index is 2.49. The maximum atomic E-state index is 2.37. The molecule has 84 valence electrons. The van der Waals surface area contributed by atoms with E-state index in [1.54, 1.807) is 11.8 Å². The zero-order valence-electron chi connectivity index (χ0n) is 10.2. The summed E-state index contributed by atoms with van der Waals surface area (Å²) in [6, 6.07) is 8.84. The summed E-state index contributed by atoms with van der Waals surface area (Å²) >= 11 is 1.79. The van der Waals surface area contributed by atoms with Crippen LogP contribution in [0.1, 0.15) is 19.4 Å². The maximum absolute atomic E-state index is 2.37. The highest BCUT2D eigenvalue weighted by atomic mass is 32.2. The standard InChI is InChI=1S/C13H21NS/c1-11(2)9-14(3)10-12-5-7-13(15-4)8-6-12/h5-8,11H,9-10H2,1-4H3. The van der Waals surface area contributed by atoms with Gasteiger partial charge in [0.1, 0.15) is 0 Å². The molecule has 15 heavy (non-hydrogen) atoms. The fraction of sp³-hybridized carbons (Fsp3) is 0.538. The van der Waals surface area contributed by atoms with Crippen molar-refractivity contribution in [1.29, 1.82) is 0 Å². The Labute approximate surface area is 97.9 Å². The van der Waals surface area contributed by atoms with E-state index in [0.29, 0.717) is 0 Å². The Hall–Kier alpha value is -0.470. The first-order valence-electron chi connectivity index (χ1n) is 5.43. The second-order valence-corrected chi connectivity index (χ2v) is 5.32. The number of benzene rings is 1. The topological polar surface area (TPSA) is 3.24 Å². The number of nitrogens with zero attached hydrogens (tertiary/aromatic N) is 1. The Kier molecular flexibility index (Phi) is 5.20. The molecule has 0 amide bonds. The molecule has 0 aliphatic rings. The van der Waals surface area contributed by atoms with Gasteiger partial charge in [0.05, 0.1) is 0 Å². The zero-order valence-corrected chi connectivity index (χ0v) is 11.0. The summed E-state index contributed by atoms with van der Waals surface area (Å²) in [5, 5.41) is 0. The molecule has 0 N–H and O–H groups in total. The lowest BCUT2D eigenvalue weighted by Crippen LogP contribution is -2.22. The molecule has 0 radical (unpaired) electrons. The first kappa shape index (κ1) is 12.6. The number of hydrogen-bond acceptors (Lipinski definition) is 2. The molecule has 0 spiro atoms. The molecule has 0 saturated carbocycles. The van der Waals surface area contributed by atoms with Crippen LogP contribution in [0.5, 0.6) is 0 Å². The van der Waals surface area contributed by atoms with E-state index in [2.05, 4.69) is 56.3 Å². The van der Waals surface area contributed by atoms with Crippen LogP contribution in [0, 0.1) is 5.92 Å². The van der Waals surface area contributed by atoms with Crippen molar-refractivity contribution >= 4 is 11.8 Å². The Morgan fingerprint density at radius 1 is 1.20 bits per heavy atom. The number of rotatable bonds is 5. The zero-order chi connectivity index (χ0) is 11.3. The summed E-state index contributed by atoms with van der Waals surface area (Å²) in [4.78, 5) is 3.71. The van der Waals surface area contributed by atoms with E-state index in [9.17, 15) is 0 Å². The predicted molar refractivity (Wildman–Crippen MR) is 69.4 cm³/mol. The molecule has 1 nitrogen and oxygen atoms in total. The molecule has 0 aliphatic heterocycles. The third-order valence-corrected chi connectivity index (χ3v) is 3.03. The van der Waals surface area contributed by atoms with Crippen molar-refractivity contribution in [1.82, 2.24) is 4.90 Å². The molecule has 1 aromatic carbocycles. The summed E-state index contributed by atoms with van der Waals surface area (Å²) in [7, 11) is 2.18. The van der Waals surface area contributed by atoms with Crippen molar-refractivity contribution in [2.24, 2.45) is 5.92 Å².